The minimum atomic E-state index is -0.378. The van der Waals surface area contributed by atoms with E-state index in [4.69, 9.17) is 9.15 Å². The molecule has 0 unspecified atom stereocenters. The first-order valence-electron chi connectivity index (χ1n) is 10.1. The third kappa shape index (κ3) is 5.03. The number of benzene rings is 2. The summed E-state index contributed by atoms with van der Waals surface area (Å²) in [4.78, 5) is 37.2. The standard InChI is InChI=1S/C24H22N2O5S/c1-15-3-9-20(16(2)11-15)30-13-19-8-10-21(31-19)23(28)25-18-6-4-17(5-7-18)12-26-22(27)14-32-24(26)29/h3-11H,12-14H2,1-2H3,(H,25,28). The van der Waals surface area contributed by atoms with Crippen molar-refractivity contribution in [3.05, 3.63) is 82.8 Å². The summed E-state index contributed by atoms with van der Waals surface area (Å²) in [5.74, 6) is 1.12. The van der Waals surface area contributed by atoms with Gasteiger partial charge >= 0.3 is 0 Å². The molecule has 0 bridgehead atoms. The van der Waals surface area contributed by atoms with Gasteiger partial charge in [-0.05, 0) is 55.3 Å². The molecule has 164 valence electrons. The molecule has 0 saturated carbocycles. The van der Waals surface area contributed by atoms with Crippen LogP contribution in [0.1, 0.15) is 33.0 Å². The Morgan fingerprint density at radius 3 is 2.56 bits per heavy atom. The fraction of sp³-hybridized carbons (Fsp3) is 0.208. The number of furan rings is 1. The fourth-order valence-corrected chi connectivity index (χ4v) is 4.02. The highest BCUT2D eigenvalue weighted by atomic mass is 32.2. The van der Waals surface area contributed by atoms with Crippen molar-refractivity contribution in [2.45, 2.75) is 27.0 Å². The highest BCUT2D eigenvalue weighted by molar-refractivity contribution is 8.14. The van der Waals surface area contributed by atoms with Crippen molar-refractivity contribution in [1.82, 2.24) is 4.90 Å². The third-order valence-corrected chi connectivity index (χ3v) is 5.84. The van der Waals surface area contributed by atoms with Gasteiger partial charge in [0.2, 0.25) is 5.91 Å². The second-order valence-corrected chi connectivity index (χ2v) is 8.44. The Balaban J connectivity index is 1.32. The Bertz CT molecular complexity index is 1150. The average Bonchev–Trinajstić information content (AvgIpc) is 3.37. The van der Waals surface area contributed by atoms with Crippen LogP contribution in [0.15, 0.2) is 59.0 Å². The van der Waals surface area contributed by atoms with Gasteiger partial charge in [0, 0.05) is 5.69 Å². The zero-order valence-electron chi connectivity index (χ0n) is 17.7. The number of anilines is 1. The maximum atomic E-state index is 12.5. The molecule has 0 radical (unpaired) electrons. The average molecular weight is 451 g/mol. The summed E-state index contributed by atoms with van der Waals surface area (Å²) < 4.78 is 11.4. The van der Waals surface area contributed by atoms with Crippen LogP contribution in [0.5, 0.6) is 5.75 Å². The lowest BCUT2D eigenvalue weighted by molar-refractivity contribution is -0.125. The minimum Gasteiger partial charge on any atom is -0.485 e. The molecule has 7 nitrogen and oxygen atoms in total. The van der Waals surface area contributed by atoms with Gasteiger partial charge in [0.1, 0.15) is 18.1 Å². The highest BCUT2D eigenvalue weighted by Gasteiger charge is 2.29. The van der Waals surface area contributed by atoms with Crippen LogP contribution in [0.3, 0.4) is 0 Å². The van der Waals surface area contributed by atoms with Crippen molar-refractivity contribution < 1.29 is 23.5 Å². The molecule has 2 aromatic carbocycles. The largest absolute Gasteiger partial charge is 0.485 e. The number of carbonyl (C=O) groups excluding carboxylic acids is 3. The molecule has 0 aliphatic carbocycles. The summed E-state index contributed by atoms with van der Waals surface area (Å²) in [5.41, 5.74) is 3.58. The van der Waals surface area contributed by atoms with E-state index in [9.17, 15) is 14.4 Å². The lowest BCUT2D eigenvalue weighted by Gasteiger charge is -2.13. The first-order chi connectivity index (χ1) is 15.4. The lowest BCUT2D eigenvalue weighted by Crippen LogP contribution is -2.27. The highest BCUT2D eigenvalue weighted by Crippen LogP contribution is 2.23. The van der Waals surface area contributed by atoms with Crippen molar-refractivity contribution in [1.29, 1.82) is 0 Å². The van der Waals surface area contributed by atoms with Crippen molar-refractivity contribution in [3.8, 4) is 5.75 Å². The molecule has 1 aromatic heterocycles. The zero-order chi connectivity index (χ0) is 22.7. The maximum absolute atomic E-state index is 12.5. The normalized spacial score (nSPS) is 13.5. The summed E-state index contributed by atoms with van der Waals surface area (Å²) in [6.45, 7) is 4.45. The first-order valence-corrected chi connectivity index (χ1v) is 11.0. The topological polar surface area (TPSA) is 88.9 Å². The van der Waals surface area contributed by atoms with Crippen LogP contribution >= 0.6 is 11.8 Å². The van der Waals surface area contributed by atoms with Crippen LogP contribution in [0.4, 0.5) is 10.5 Å². The number of rotatable bonds is 7. The van der Waals surface area contributed by atoms with Crippen LogP contribution in [0, 0.1) is 13.8 Å². The second-order valence-electron chi connectivity index (χ2n) is 7.51. The van der Waals surface area contributed by atoms with Crippen LogP contribution in [-0.2, 0) is 17.9 Å². The van der Waals surface area contributed by atoms with Crippen LogP contribution < -0.4 is 10.1 Å². The zero-order valence-corrected chi connectivity index (χ0v) is 18.5. The number of aryl methyl sites for hydroxylation is 2. The number of imide groups is 1. The third-order valence-electron chi connectivity index (χ3n) is 4.98. The van der Waals surface area contributed by atoms with Gasteiger partial charge in [-0.15, -0.1) is 0 Å². The van der Waals surface area contributed by atoms with Gasteiger partial charge in [-0.3, -0.25) is 19.3 Å². The molecule has 32 heavy (non-hydrogen) atoms. The lowest BCUT2D eigenvalue weighted by atomic mass is 10.1. The van der Waals surface area contributed by atoms with E-state index in [0.29, 0.717) is 11.4 Å². The van der Waals surface area contributed by atoms with Crippen LogP contribution in [0.25, 0.3) is 0 Å². The number of hydrogen-bond acceptors (Lipinski definition) is 6. The summed E-state index contributed by atoms with van der Waals surface area (Å²) in [5, 5.41) is 2.54. The van der Waals surface area contributed by atoms with E-state index >= 15 is 0 Å². The van der Waals surface area contributed by atoms with Gasteiger partial charge in [-0.1, -0.05) is 41.6 Å². The molecule has 3 amide bonds. The molecule has 1 saturated heterocycles. The van der Waals surface area contributed by atoms with E-state index in [0.717, 1.165) is 34.2 Å². The molecule has 1 N–H and O–H groups in total. The van der Waals surface area contributed by atoms with Crippen molar-refractivity contribution in [3.63, 3.8) is 0 Å². The first kappa shape index (κ1) is 21.7. The van der Waals surface area contributed by atoms with E-state index in [-0.39, 0.29) is 41.7 Å². The number of ether oxygens (including phenoxy) is 1. The number of nitrogens with one attached hydrogen (secondary N) is 1. The predicted octanol–water partition coefficient (Wildman–Crippen LogP) is 4.92. The Morgan fingerprint density at radius 2 is 1.88 bits per heavy atom. The molecule has 2 heterocycles. The summed E-state index contributed by atoms with van der Waals surface area (Å²) in [7, 11) is 0. The molecule has 0 spiro atoms. The quantitative estimate of drug-likeness (QED) is 0.549. The van der Waals surface area contributed by atoms with Gasteiger partial charge in [0.05, 0.1) is 12.3 Å². The number of amides is 3. The van der Waals surface area contributed by atoms with Crippen LogP contribution in [-0.4, -0.2) is 27.7 Å². The van der Waals surface area contributed by atoms with Gasteiger partial charge in [0.25, 0.3) is 11.1 Å². The van der Waals surface area contributed by atoms with E-state index < -0.39 is 0 Å². The minimum absolute atomic E-state index is 0.179. The molecule has 4 rings (SSSR count). The van der Waals surface area contributed by atoms with Gasteiger partial charge in [0.15, 0.2) is 5.76 Å². The molecular weight excluding hydrogens is 428 g/mol. The maximum Gasteiger partial charge on any atom is 0.291 e. The van der Waals surface area contributed by atoms with E-state index in [2.05, 4.69) is 5.32 Å². The predicted molar refractivity (Wildman–Crippen MR) is 122 cm³/mol. The Kier molecular flexibility index (Phi) is 6.32. The summed E-state index contributed by atoms with van der Waals surface area (Å²) >= 11 is 1.01. The molecule has 1 aliphatic heterocycles. The van der Waals surface area contributed by atoms with Crippen LogP contribution in [0.2, 0.25) is 0 Å². The van der Waals surface area contributed by atoms with E-state index in [1.54, 1.807) is 36.4 Å². The monoisotopic (exact) mass is 450 g/mol. The summed E-state index contributed by atoms with van der Waals surface area (Å²) in [6, 6.07) is 16.2. The number of carbonyl (C=O) groups is 3. The fourth-order valence-electron chi connectivity index (χ4n) is 3.29. The smallest absolute Gasteiger partial charge is 0.291 e. The Labute approximate surface area is 189 Å². The molecule has 0 atom stereocenters. The van der Waals surface area contributed by atoms with Crippen molar-refractivity contribution in [2.24, 2.45) is 0 Å². The van der Waals surface area contributed by atoms with Crippen molar-refractivity contribution in [2.75, 3.05) is 11.1 Å². The number of thioether (sulfide) groups is 1. The number of nitrogens with zero attached hydrogens (tertiary/aromatic N) is 1. The Hall–Kier alpha value is -3.52. The summed E-state index contributed by atoms with van der Waals surface area (Å²) in [6.07, 6.45) is 0. The van der Waals surface area contributed by atoms with Gasteiger partial charge < -0.3 is 14.5 Å². The van der Waals surface area contributed by atoms with E-state index in [1.807, 2.05) is 32.0 Å². The van der Waals surface area contributed by atoms with Gasteiger partial charge in [-0.25, -0.2) is 0 Å². The second kappa shape index (κ2) is 9.32. The number of hydrogen-bond donors (Lipinski definition) is 1. The van der Waals surface area contributed by atoms with Gasteiger partial charge in [-0.2, -0.15) is 0 Å². The molecule has 1 fully saturated rings. The van der Waals surface area contributed by atoms with Crippen molar-refractivity contribution >= 4 is 34.5 Å². The molecule has 1 aliphatic rings. The molecule has 8 heteroatoms. The molecular formula is C24H22N2O5S. The SMILES string of the molecule is Cc1ccc(OCc2ccc(C(=O)Nc3ccc(CN4C(=O)CSC4=O)cc3)o2)c(C)c1. The van der Waals surface area contributed by atoms with E-state index in [1.165, 1.54) is 4.90 Å². The molecule has 3 aromatic rings. The Morgan fingerprint density at radius 1 is 1.09 bits per heavy atom.